The molecule has 0 aromatic carbocycles. The fourth-order valence-corrected chi connectivity index (χ4v) is 1.69. The van der Waals surface area contributed by atoms with Gasteiger partial charge in [0.15, 0.2) is 0 Å². The van der Waals surface area contributed by atoms with Gasteiger partial charge in [-0.25, -0.2) is 4.98 Å². The Kier molecular flexibility index (Phi) is 3.05. The summed E-state index contributed by atoms with van der Waals surface area (Å²) in [6, 6.07) is 0.723. The minimum absolute atomic E-state index is 0.0319. The molecule has 19 heavy (non-hydrogen) atoms. The summed E-state index contributed by atoms with van der Waals surface area (Å²) in [4.78, 5) is 26.8. The van der Waals surface area contributed by atoms with Gasteiger partial charge in [-0.15, -0.1) is 0 Å². The maximum atomic E-state index is 12.6. The number of imide groups is 1. The number of aromatic nitrogens is 1. The van der Waals surface area contributed by atoms with Crippen LogP contribution in [0.4, 0.5) is 24.5 Å². The van der Waals surface area contributed by atoms with Crippen LogP contribution in [-0.2, 0) is 15.8 Å². The van der Waals surface area contributed by atoms with Crippen molar-refractivity contribution in [3.63, 3.8) is 0 Å². The maximum absolute atomic E-state index is 12.6. The number of nitrogens with zero attached hydrogens (tertiary/aromatic N) is 2. The number of alkyl halides is 3. The van der Waals surface area contributed by atoms with E-state index in [-0.39, 0.29) is 24.5 Å². The number of hydrogen-bond donors (Lipinski definition) is 2. The Labute approximate surface area is 105 Å². The standard InChI is InChI=1S/C10H9F3N4O2/c11-10(12,13)7-1-6(5(14)2-15-7)17-3-8(18)16-9(19)4-17/h1-2H,3-4,14H2,(H,16,18,19). The van der Waals surface area contributed by atoms with Crippen LogP contribution in [0, 0.1) is 0 Å². The van der Waals surface area contributed by atoms with Gasteiger partial charge in [0.2, 0.25) is 11.8 Å². The lowest BCUT2D eigenvalue weighted by atomic mass is 10.2. The van der Waals surface area contributed by atoms with Gasteiger partial charge in [-0.2, -0.15) is 13.2 Å². The third-order valence-electron chi connectivity index (χ3n) is 2.49. The highest BCUT2D eigenvalue weighted by Crippen LogP contribution is 2.32. The van der Waals surface area contributed by atoms with Crippen LogP contribution in [0.1, 0.15) is 5.69 Å². The number of amides is 2. The number of nitrogens with two attached hydrogens (primary N) is 1. The molecule has 9 heteroatoms. The molecule has 1 aromatic rings. The summed E-state index contributed by atoms with van der Waals surface area (Å²) in [5.41, 5.74) is 4.34. The van der Waals surface area contributed by atoms with E-state index >= 15 is 0 Å². The number of pyridine rings is 1. The molecule has 2 heterocycles. The Morgan fingerprint density at radius 3 is 2.37 bits per heavy atom. The van der Waals surface area contributed by atoms with Crippen molar-refractivity contribution in [1.82, 2.24) is 10.3 Å². The van der Waals surface area contributed by atoms with Gasteiger partial charge in [0.05, 0.1) is 30.7 Å². The zero-order chi connectivity index (χ0) is 14.2. The molecule has 6 nitrogen and oxygen atoms in total. The topological polar surface area (TPSA) is 88.3 Å². The summed E-state index contributed by atoms with van der Waals surface area (Å²) >= 11 is 0. The number of hydrogen-bond acceptors (Lipinski definition) is 5. The van der Waals surface area contributed by atoms with Crippen molar-refractivity contribution in [2.75, 3.05) is 23.7 Å². The van der Waals surface area contributed by atoms with E-state index in [1.165, 1.54) is 4.90 Å². The van der Waals surface area contributed by atoms with Gasteiger partial charge in [-0.05, 0) is 6.07 Å². The van der Waals surface area contributed by atoms with Gasteiger partial charge in [0.1, 0.15) is 5.69 Å². The summed E-state index contributed by atoms with van der Waals surface area (Å²) in [5, 5.41) is 2.05. The van der Waals surface area contributed by atoms with Gasteiger partial charge in [-0.3, -0.25) is 14.9 Å². The van der Waals surface area contributed by atoms with Crippen molar-refractivity contribution in [1.29, 1.82) is 0 Å². The predicted octanol–water partition coefficient (Wildman–Crippen LogP) is 0.145. The maximum Gasteiger partial charge on any atom is 0.433 e. The molecule has 1 aromatic heterocycles. The number of piperazine rings is 1. The second kappa shape index (κ2) is 4.41. The zero-order valence-electron chi connectivity index (χ0n) is 9.49. The quantitative estimate of drug-likeness (QED) is 0.711. The van der Waals surface area contributed by atoms with Gasteiger partial charge in [0, 0.05) is 0 Å². The molecule has 0 bridgehead atoms. The molecular weight excluding hydrogens is 265 g/mol. The van der Waals surface area contributed by atoms with E-state index < -0.39 is 23.7 Å². The van der Waals surface area contributed by atoms with Crippen LogP contribution in [0.25, 0.3) is 0 Å². The lowest BCUT2D eigenvalue weighted by Crippen LogP contribution is -2.51. The summed E-state index contributed by atoms with van der Waals surface area (Å²) in [5.74, 6) is -1.19. The van der Waals surface area contributed by atoms with Crippen molar-refractivity contribution < 1.29 is 22.8 Å². The molecule has 0 saturated carbocycles. The Balaban J connectivity index is 2.38. The van der Waals surface area contributed by atoms with Gasteiger partial charge < -0.3 is 10.6 Å². The third-order valence-corrected chi connectivity index (χ3v) is 2.49. The van der Waals surface area contributed by atoms with Crippen molar-refractivity contribution in [3.8, 4) is 0 Å². The predicted molar refractivity (Wildman–Crippen MR) is 59.0 cm³/mol. The Bertz CT molecular complexity index is 528. The second-order valence-electron chi connectivity index (χ2n) is 3.95. The van der Waals surface area contributed by atoms with Crippen molar-refractivity contribution in [2.24, 2.45) is 0 Å². The van der Waals surface area contributed by atoms with Crippen LogP contribution in [0.5, 0.6) is 0 Å². The van der Waals surface area contributed by atoms with Crippen LogP contribution >= 0.6 is 0 Å². The first-order valence-electron chi connectivity index (χ1n) is 5.17. The summed E-state index contributed by atoms with van der Waals surface area (Å²) in [6.45, 7) is -0.478. The smallest absolute Gasteiger partial charge is 0.396 e. The molecule has 0 aliphatic carbocycles. The van der Waals surface area contributed by atoms with E-state index in [4.69, 9.17) is 5.73 Å². The summed E-state index contributed by atoms with van der Waals surface area (Å²) in [6.07, 6.45) is -3.76. The number of rotatable bonds is 1. The monoisotopic (exact) mass is 274 g/mol. The molecule has 0 radical (unpaired) electrons. The molecule has 102 valence electrons. The molecular formula is C10H9F3N4O2. The van der Waals surface area contributed by atoms with E-state index in [1.54, 1.807) is 0 Å². The minimum atomic E-state index is -4.62. The molecule has 1 saturated heterocycles. The molecule has 2 rings (SSSR count). The number of halogens is 3. The molecule has 3 N–H and O–H groups in total. The third kappa shape index (κ3) is 2.75. The SMILES string of the molecule is Nc1cnc(C(F)(F)F)cc1N1CC(=O)NC(=O)C1. The van der Waals surface area contributed by atoms with Crippen molar-refractivity contribution in [3.05, 3.63) is 18.0 Å². The van der Waals surface area contributed by atoms with Crippen LogP contribution in [0.15, 0.2) is 12.3 Å². The molecule has 0 spiro atoms. The van der Waals surface area contributed by atoms with Crippen LogP contribution in [0.3, 0.4) is 0 Å². The molecule has 1 aliphatic heterocycles. The first-order chi connectivity index (χ1) is 8.77. The van der Waals surface area contributed by atoms with Gasteiger partial charge >= 0.3 is 6.18 Å². The second-order valence-corrected chi connectivity index (χ2v) is 3.95. The molecule has 1 aliphatic rings. The van der Waals surface area contributed by atoms with E-state index in [1.807, 2.05) is 5.32 Å². The number of nitrogen functional groups attached to an aromatic ring is 1. The highest BCUT2D eigenvalue weighted by molar-refractivity contribution is 6.03. The average Bonchev–Trinajstić information content (AvgIpc) is 2.26. The molecule has 0 unspecified atom stereocenters. The van der Waals surface area contributed by atoms with Crippen LogP contribution in [-0.4, -0.2) is 29.9 Å². The Morgan fingerprint density at radius 2 is 1.84 bits per heavy atom. The highest BCUT2D eigenvalue weighted by Gasteiger charge is 2.34. The van der Waals surface area contributed by atoms with Gasteiger partial charge in [0.25, 0.3) is 0 Å². The number of nitrogens with one attached hydrogen (secondary N) is 1. The fourth-order valence-electron chi connectivity index (χ4n) is 1.69. The normalized spacial score (nSPS) is 16.5. The van der Waals surface area contributed by atoms with Crippen LogP contribution < -0.4 is 16.0 Å². The van der Waals surface area contributed by atoms with Crippen LogP contribution in [0.2, 0.25) is 0 Å². The fraction of sp³-hybridized carbons (Fsp3) is 0.300. The van der Waals surface area contributed by atoms with Crippen molar-refractivity contribution >= 4 is 23.2 Å². The number of carbonyl (C=O) groups is 2. The summed E-state index contributed by atoms with van der Waals surface area (Å²) < 4.78 is 37.7. The molecule has 1 fully saturated rings. The minimum Gasteiger partial charge on any atom is -0.396 e. The number of anilines is 2. The average molecular weight is 274 g/mol. The lowest BCUT2D eigenvalue weighted by molar-refractivity contribution is -0.141. The lowest BCUT2D eigenvalue weighted by Gasteiger charge is -2.28. The Morgan fingerprint density at radius 1 is 1.26 bits per heavy atom. The van der Waals surface area contributed by atoms with E-state index in [0.717, 1.165) is 12.3 Å². The Hall–Kier alpha value is -2.32. The first kappa shape index (κ1) is 13.1. The largest absolute Gasteiger partial charge is 0.433 e. The van der Waals surface area contributed by atoms with Gasteiger partial charge in [-0.1, -0.05) is 0 Å². The van der Waals surface area contributed by atoms with E-state index in [2.05, 4.69) is 4.98 Å². The first-order valence-corrected chi connectivity index (χ1v) is 5.17. The summed E-state index contributed by atoms with van der Waals surface area (Å²) in [7, 11) is 0. The van der Waals surface area contributed by atoms with Crippen molar-refractivity contribution in [2.45, 2.75) is 6.18 Å². The molecule has 2 amide bonds. The number of carbonyl (C=O) groups excluding carboxylic acids is 2. The zero-order valence-corrected chi connectivity index (χ0v) is 9.49. The van der Waals surface area contributed by atoms with E-state index in [0.29, 0.717) is 0 Å². The molecule has 0 atom stereocenters. The van der Waals surface area contributed by atoms with E-state index in [9.17, 15) is 22.8 Å². The highest BCUT2D eigenvalue weighted by atomic mass is 19.4.